The minimum Gasteiger partial charge on any atom is -0.398 e. The van der Waals surface area contributed by atoms with Crippen LogP contribution in [0.4, 0.5) is 5.69 Å². The third kappa shape index (κ3) is 2.14. The molecule has 1 heterocycles. The van der Waals surface area contributed by atoms with Crippen LogP contribution in [0.5, 0.6) is 0 Å². The largest absolute Gasteiger partial charge is 0.398 e. The highest BCUT2D eigenvalue weighted by Gasteiger charge is 2.13. The van der Waals surface area contributed by atoms with Gasteiger partial charge in [-0.2, -0.15) is 0 Å². The summed E-state index contributed by atoms with van der Waals surface area (Å²) in [5.41, 5.74) is 8.66. The van der Waals surface area contributed by atoms with E-state index in [0.29, 0.717) is 37.7 Å². The number of benzene rings is 2. The van der Waals surface area contributed by atoms with Crippen LogP contribution in [-0.2, 0) is 0 Å². The molecule has 0 radical (unpaired) electrons. The molecule has 0 atom stereocenters. The van der Waals surface area contributed by atoms with E-state index in [2.05, 4.69) is 9.97 Å². The number of aromatic nitrogens is 2. The summed E-state index contributed by atoms with van der Waals surface area (Å²) in [6.45, 7) is 0. The Hall–Kier alpha value is -1.42. The number of aromatic amines is 1. The minimum absolute atomic E-state index is 0.458. The lowest BCUT2D eigenvalue weighted by Crippen LogP contribution is -1.91. The summed E-state index contributed by atoms with van der Waals surface area (Å²) in [6, 6.07) is 8.75. The predicted octanol–water partition coefficient (Wildman–Crippen LogP) is 4.77. The number of anilines is 1. The molecule has 0 unspecified atom stereocenters. The third-order valence-corrected chi connectivity index (χ3v) is 3.84. The molecular weight excluding hydrogens is 305 g/mol. The van der Waals surface area contributed by atoms with Crippen LogP contribution in [0.2, 0.25) is 15.1 Å². The zero-order chi connectivity index (χ0) is 13.6. The number of nitrogens with two attached hydrogens (primary N) is 1. The summed E-state index contributed by atoms with van der Waals surface area (Å²) in [7, 11) is 0. The first-order chi connectivity index (χ1) is 9.06. The van der Waals surface area contributed by atoms with Crippen LogP contribution in [0, 0.1) is 0 Å². The first-order valence-corrected chi connectivity index (χ1v) is 6.59. The highest BCUT2D eigenvalue weighted by molar-refractivity contribution is 6.42. The molecule has 3 N–H and O–H groups in total. The Balaban J connectivity index is 2.26. The van der Waals surface area contributed by atoms with Crippen LogP contribution in [-0.4, -0.2) is 9.97 Å². The Bertz CT molecular complexity index is 721. The van der Waals surface area contributed by atoms with Crippen LogP contribution in [0.25, 0.3) is 22.4 Å². The summed E-state index contributed by atoms with van der Waals surface area (Å²) < 4.78 is 0. The van der Waals surface area contributed by atoms with E-state index < -0.39 is 0 Å². The molecule has 96 valence electrons. The first kappa shape index (κ1) is 12.6. The van der Waals surface area contributed by atoms with Crippen molar-refractivity contribution >= 4 is 51.5 Å². The lowest BCUT2D eigenvalue weighted by atomic mass is 10.2. The summed E-state index contributed by atoms with van der Waals surface area (Å²) in [4.78, 5) is 7.59. The maximum Gasteiger partial charge on any atom is 0.142 e. The Morgan fingerprint density at radius 3 is 2.47 bits per heavy atom. The fraction of sp³-hybridized carbons (Fsp3) is 0. The molecular formula is C13H8Cl3N3. The molecule has 3 aromatic rings. The molecule has 0 spiro atoms. The van der Waals surface area contributed by atoms with E-state index in [0.717, 1.165) is 5.52 Å². The topological polar surface area (TPSA) is 54.7 Å². The lowest BCUT2D eigenvalue weighted by molar-refractivity contribution is 1.34. The number of rotatable bonds is 1. The first-order valence-electron chi connectivity index (χ1n) is 5.45. The van der Waals surface area contributed by atoms with Crippen LogP contribution >= 0.6 is 34.8 Å². The van der Waals surface area contributed by atoms with Gasteiger partial charge in [-0.15, -0.1) is 0 Å². The Kier molecular flexibility index (Phi) is 3.05. The molecule has 2 aromatic carbocycles. The molecule has 3 rings (SSSR count). The van der Waals surface area contributed by atoms with Gasteiger partial charge in [-0.25, -0.2) is 4.98 Å². The highest BCUT2D eigenvalue weighted by Crippen LogP contribution is 2.34. The molecule has 0 bridgehead atoms. The second-order valence-corrected chi connectivity index (χ2v) is 5.29. The van der Waals surface area contributed by atoms with Crippen molar-refractivity contribution in [3.8, 4) is 11.4 Å². The summed E-state index contributed by atoms with van der Waals surface area (Å²) in [6.07, 6.45) is 0. The van der Waals surface area contributed by atoms with Gasteiger partial charge in [0.05, 0.1) is 31.7 Å². The number of H-pyrrole nitrogens is 1. The number of imidazole rings is 1. The van der Waals surface area contributed by atoms with Crippen LogP contribution in [0.1, 0.15) is 0 Å². The molecule has 0 saturated heterocycles. The molecule has 0 aliphatic rings. The minimum atomic E-state index is 0.458. The zero-order valence-electron chi connectivity index (χ0n) is 9.55. The van der Waals surface area contributed by atoms with Crippen molar-refractivity contribution in [2.45, 2.75) is 0 Å². The fourth-order valence-corrected chi connectivity index (χ4v) is 2.51. The number of nitrogen functional groups attached to an aromatic ring is 1. The van der Waals surface area contributed by atoms with E-state index in [1.165, 1.54) is 0 Å². The molecule has 0 saturated carbocycles. The zero-order valence-corrected chi connectivity index (χ0v) is 11.8. The van der Waals surface area contributed by atoms with Crippen molar-refractivity contribution < 1.29 is 0 Å². The van der Waals surface area contributed by atoms with Crippen molar-refractivity contribution in [3.05, 3.63) is 45.4 Å². The van der Waals surface area contributed by atoms with Gasteiger partial charge in [0.25, 0.3) is 0 Å². The maximum absolute atomic E-state index is 6.16. The van der Waals surface area contributed by atoms with Gasteiger partial charge in [0.15, 0.2) is 0 Å². The molecule has 0 aliphatic carbocycles. The van der Waals surface area contributed by atoms with Crippen LogP contribution in [0.15, 0.2) is 30.3 Å². The molecule has 0 fully saturated rings. The molecule has 19 heavy (non-hydrogen) atoms. The Morgan fingerprint density at radius 1 is 1.00 bits per heavy atom. The third-order valence-electron chi connectivity index (χ3n) is 2.81. The second kappa shape index (κ2) is 4.60. The normalized spacial score (nSPS) is 11.1. The summed E-state index contributed by atoms with van der Waals surface area (Å²) >= 11 is 18.1. The van der Waals surface area contributed by atoms with Crippen LogP contribution in [0.3, 0.4) is 0 Å². The number of nitrogens with zero attached hydrogens (tertiary/aromatic N) is 1. The molecule has 6 heteroatoms. The van der Waals surface area contributed by atoms with Gasteiger partial charge in [0.1, 0.15) is 5.82 Å². The SMILES string of the molecule is Nc1cccc(Cl)c1-c1nc2cc(Cl)c(Cl)cc2[nH]1. The smallest absolute Gasteiger partial charge is 0.142 e. The highest BCUT2D eigenvalue weighted by atomic mass is 35.5. The van der Waals surface area contributed by atoms with Crippen molar-refractivity contribution in [2.75, 3.05) is 5.73 Å². The summed E-state index contributed by atoms with van der Waals surface area (Å²) in [5, 5.41) is 1.46. The van der Waals surface area contributed by atoms with Gasteiger partial charge < -0.3 is 10.7 Å². The number of halogens is 3. The van der Waals surface area contributed by atoms with E-state index in [-0.39, 0.29) is 0 Å². The monoisotopic (exact) mass is 311 g/mol. The average Bonchev–Trinajstić information content (AvgIpc) is 2.72. The number of nitrogens with one attached hydrogen (secondary N) is 1. The quantitative estimate of drug-likeness (QED) is 0.636. The van der Waals surface area contributed by atoms with E-state index in [4.69, 9.17) is 40.5 Å². The van der Waals surface area contributed by atoms with E-state index >= 15 is 0 Å². The number of hydrogen-bond donors (Lipinski definition) is 2. The van der Waals surface area contributed by atoms with E-state index in [1.807, 2.05) is 0 Å². The van der Waals surface area contributed by atoms with Gasteiger partial charge in [-0.1, -0.05) is 40.9 Å². The maximum atomic E-state index is 6.16. The molecule has 3 nitrogen and oxygen atoms in total. The van der Waals surface area contributed by atoms with Gasteiger partial charge in [-0.05, 0) is 24.3 Å². The number of fused-ring (bicyclic) bond motifs is 1. The van der Waals surface area contributed by atoms with Crippen LogP contribution < -0.4 is 5.73 Å². The van der Waals surface area contributed by atoms with Crippen molar-refractivity contribution in [2.24, 2.45) is 0 Å². The predicted molar refractivity (Wildman–Crippen MR) is 81.0 cm³/mol. The fourth-order valence-electron chi connectivity index (χ4n) is 1.91. The standard InChI is InChI=1S/C13H8Cl3N3/c14-6-2-1-3-9(17)12(6)13-18-10-4-7(15)8(16)5-11(10)19-13/h1-5H,17H2,(H,18,19). The van der Waals surface area contributed by atoms with Crippen molar-refractivity contribution in [1.29, 1.82) is 0 Å². The van der Waals surface area contributed by atoms with Crippen molar-refractivity contribution in [3.63, 3.8) is 0 Å². The molecule has 1 aromatic heterocycles. The van der Waals surface area contributed by atoms with Crippen molar-refractivity contribution in [1.82, 2.24) is 9.97 Å². The Morgan fingerprint density at radius 2 is 1.74 bits per heavy atom. The van der Waals surface area contributed by atoms with E-state index in [1.54, 1.807) is 30.3 Å². The lowest BCUT2D eigenvalue weighted by Gasteiger charge is -2.03. The summed E-state index contributed by atoms with van der Waals surface area (Å²) in [5.74, 6) is 0.594. The molecule has 0 aliphatic heterocycles. The molecule has 0 amide bonds. The number of hydrogen-bond acceptors (Lipinski definition) is 2. The van der Waals surface area contributed by atoms with Gasteiger partial charge in [0, 0.05) is 5.69 Å². The second-order valence-electron chi connectivity index (χ2n) is 4.07. The van der Waals surface area contributed by atoms with Gasteiger partial charge in [0.2, 0.25) is 0 Å². The average molecular weight is 313 g/mol. The van der Waals surface area contributed by atoms with E-state index in [9.17, 15) is 0 Å². The van der Waals surface area contributed by atoms with Gasteiger partial charge >= 0.3 is 0 Å². The Labute approximate surface area is 124 Å². The van der Waals surface area contributed by atoms with Gasteiger partial charge in [-0.3, -0.25) is 0 Å².